The normalized spacial score (nSPS) is 19.9. The van der Waals surface area contributed by atoms with Crippen LogP contribution in [0.15, 0.2) is 91.0 Å². The molecular weight excluding hydrogens is 346 g/mol. The summed E-state index contributed by atoms with van der Waals surface area (Å²) in [5.74, 6) is 0.0995. The number of likely N-dealkylation sites (tertiary alicyclic amines) is 1. The van der Waals surface area contributed by atoms with E-state index in [1.165, 1.54) is 0 Å². The number of hydrogen-bond acceptors (Lipinski definition) is 2. The summed E-state index contributed by atoms with van der Waals surface area (Å²) in [7, 11) is 0. The Balaban J connectivity index is 1.49. The third-order valence-corrected chi connectivity index (χ3v) is 5.59. The van der Waals surface area contributed by atoms with Crippen molar-refractivity contribution in [1.29, 1.82) is 0 Å². The number of carbonyl (C=O) groups excluding carboxylic acids is 1. The Morgan fingerprint density at radius 3 is 2.04 bits per heavy atom. The molecule has 3 aromatic rings. The number of aliphatic hydroxyl groups is 1. The van der Waals surface area contributed by atoms with E-state index >= 15 is 0 Å². The van der Waals surface area contributed by atoms with Crippen LogP contribution >= 0.6 is 0 Å². The zero-order chi connectivity index (χ0) is 19.3. The van der Waals surface area contributed by atoms with E-state index in [4.69, 9.17) is 0 Å². The maximum Gasteiger partial charge on any atom is 0.228 e. The third kappa shape index (κ3) is 3.85. The fourth-order valence-electron chi connectivity index (χ4n) is 4.10. The fraction of sp³-hybridized carbons (Fsp3) is 0.240. The monoisotopic (exact) mass is 371 g/mol. The Morgan fingerprint density at radius 1 is 0.821 bits per heavy atom. The van der Waals surface area contributed by atoms with Crippen molar-refractivity contribution in [2.45, 2.75) is 31.5 Å². The zero-order valence-corrected chi connectivity index (χ0v) is 15.8. The number of nitrogens with zero attached hydrogens (tertiary/aromatic N) is 1. The van der Waals surface area contributed by atoms with Crippen molar-refractivity contribution in [2.75, 3.05) is 0 Å². The van der Waals surface area contributed by atoms with E-state index in [9.17, 15) is 9.90 Å². The maximum atomic E-state index is 12.9. The molecular formula is C25H25NO2. The van der Waals surface area contributed by atoms with Crippen LogP contribution in [0.5, 0.6) is 0 Å². The fourth-order valence-corrected chi connectivity index (χ4v) is 4.10. The summed E-state index contributed by atoms with van der Waals surface area (Å²) >= 11 is 0. The minimum Gasteiger partial charge on any atom is -0.388 e. The largest absolute Gasteiger partial charge is 0.388 e. The molecule has 4 rings (SSSR count). The Hall–Kier alpha value is -2.91. The first-order valence-corrected chi connectivity index (χ1v) is 9.86. The molecule has 0 bridgehead atoms. The number of benzene rings is 3. The van der Waals surface area contributed by atoms with E-state index in [1.807, 2.05) is 71.6 Å². The molecule has 0 spiro atoms. The first-order valence-electron chi connectivity index (χ1n) is 9.86. The molecule has 1 saturated heterocycles. The van der Waals surface area contributed by atoms with Gasteiger partial charge in [-0.1, -0.05) is 91.0 Å². The molecule has 0 radical (unpaired) electrons. The number of amides is 1. The average molecular weight is 371 g/mol. The van der Waals surface area contributed by atoms with Crippen molar-refractivity contribution >= 4 is 5.91 Å². The van der Waals surface area contributed by atoms with Gasteiger partial charge in [-0.05, 0) is 29.5 Å². The van der Waals surface area contributed by atoms with Gasteiger partial charge in [0.25, 0.3) is 0 Å². The van der Waals surface area contributed by atoms with Crippen molar-refractivity contribution in [3.05, 3.63) is 108 Å². The molecule has 1 fully saturated rings. The standard InChI is InChI=1S/C25H25NO2/c27-23(20-12-6-2-7-13-20)17-16-22-24(21-14-8-3-9-15-21)26(25(22)28)18-19-10-4-1-5-11-19/h1-15,22-24,27H,16-18H2/t22-,23?,24-/m1/s1. The van der Waals surface area contributed by atoms with E-state index < -0.39 is 6.10 Å². The van der Waals surface area contributed by atoms with Crippen LogP contribution in [0.1, 0.15) is 41.7 Å². The van der Waals surface area contributed by atoms with E-state index in [-0.39, 0.29) is 17.9 Å². The first-order chi connectivity index (χ1) is 13.7. The molecule has 1 unspecified atom stereocenters. The van der Waals surface area contributed by atoms with Gasteiger partial charge in [0, 0.05) is 6.54 Å². The van der Waals surface area contributed by atoms with Gasteiger partial charge < -0.3 is 10.0 Å². The van der Waals surface area contributed by atoms with Gasteiger partial charge >= 0.3 is 0 Å². The van der Waals surface area contributed by atoms with Gasteiger partial charge in [-0.25, -0.2) is 0 Å². The molecule has 1 heterocycles. The Morgan fingerprint density at radius 2 is 1.39 bits per heavy atom. The van der Waals surface area contributed by atoms with E-state index in [0.29, 0.717) is 19.4 Å². The Bertz CT molecular complexity index is 896. The number of β-lactam (4-membered cyclic amide) rings is 1. The lowest BCUT2D eigenvalue weighted by Crippen LogP contribution is -2.54. The van der Waals surface area contributed by atoms with Gasteiger partial charge in [0.2, 0.25) is 5.91 Å². The molecule has 3 nitrogen and oxygen atoms in total. The summed E-state index contributed by atoms with van der Waals surface area (Å²) < 4.78 is 0. The van der Waals surface area contributed by atoms with Crippen LogP contribution in [-0.2, 0) is 11.3 Å². The molecule has 3 aromatic carbocycles. The highest BCUT2D eigenvalue weighted by Gasteiger charge is 2.47. The van der Waals surface area contributed by atoms with E-state index in [1.54, 1.807) is 0 Å². The lowest BCUT2D eigenvalue weighted by atomic mass is 9.78. The molecule has 3 heteroatoms. The van der Waals surface area contributed by atoms with Crippen LogP contribution in [-0.4, -0.2) is 15.9 Å². The second kappa shape index (κ2) is 8.41. The molecule has 1 aliphatic rings. The molecule has 1 amide bonds. The number of carbonyl (C=O) groups is 1. The summed E-state index contributed by atoms with van der Waals surface area (Å²) in [6, 6.07) is 30.1. The predicted octanol–water partition coefficient (Wildman–Crippen LogP) is 4.90. The molecule has 0 aromatic heterocycles. The topological polar surface area (TPSA) is 40.5 Å². The number of rotatable bonds is 7. The van der Waals surface area contributed by atoms with Crippen molar-refractivity contribution in [3.63, 3.8) is 0 Å². The second-order valence-electron chi connectivity index (χ2n) is 7.42. The molecule has 1 aliphatic heterocycles. The molecule has 3 atom stereocenters. The quantitative estimate of drug-likeness (QED) is 0.600. The van der Waals surface area contributed by atoms with Crippen molar-refractivity contribution in [3.8, 4) is 0 Å². The highest BCUT2D eigenvalue weighted by molar-refractivity contribution is 5.86. The molecule has 142 valence electrons. The van der Waals surface area contributed by atoms with Crippen LogP contribution in [0.3, 0.4) is 0 Å². The van der Waals surface area contributed by atoms with Crippen LogP contribution in [0.2, 0.25) is 0 Å². The Kier molecular flexibility index (Phi) is 5.54. The second-order valence-corrected chi connectivity index (χ2v) is 7.42. The van der Waals surface area contributed by atoms with Gasteiger partial charge in [-0.2, -0.15) is 0 Å². The van der Waals surface area contributed by atoms with Gasteiger partial charge in [0.15, 0.2) is 0 Å². The van der Waals surface area contributed by atoms with Crippen molar-refractivity contribution in [2.24, 2.45) is 5.92 Å². The van der Waals surface area contributed by atoms with Gasteiger partial charge in [-0.3, -0.25) is 4.79 Å². The van der Waals surface area contributed by atoms with Crippen molar-refractivity contribution < 1.29 is 9.90 Å². The minimum absolute atomic E-state index is 0.0666. The summed E-state index contributed by atoms with van der Waals surface area (Å²) in [4.78, 5) is 14.9. The third-order valence-electron chi connectivity index (χ3n) is 5.59. The SMILES string of the molecule is O=C1[C@H](CCC(O)c2ccccc2)[C@@H](c2ccccc2)N1Cc1ccccc1. The van der Waals surface area contributed by atoms with Crippen LogP contribution in [0.4, 0.5) is 0 Å². The van der Waals surface area contributed by atoms with Crippen LogP contribution in [0, 0.1) is 5.92 Å². The smallest absolute Gasteiger partial charge is 0.228 e. The summed E-state index contributed by atoms with van der Waals surface area (Å²) in [5, 5.41) is 10.5. The lowest BCUT2D eigenvalue weighted by molar-refractivity contribution is -0.159. The zero-order valence-electron chi connectivity index (χ0n) is 15.8. The van der Waals surface area contributed by atoms with Crippen molar-refractivity contribution in [1.82, 2.24) is 4.90 Å². The Labute approximate surface area is 166 Å². The van der Waals surface area contributed by atoms with Crippen LogP contribution < -0.4 is 0 Å². The average Bonchev–Trinajstić information content (AvgIpc) is 2.76. The number of aliphatic hydroxyl groups excluding tert-OH is 1. The molecule has 28 heavy (non-hydrogen) atoms. The first kappa shape index (κ1) is 18.5. The van der Waals surface area contributed by atoms with Crippen LogP contribution in [0.25, 0.3) is 0 Å². The summed E-state index contributed by atoms with van der Waals surface area (Å²) in [6.45, 7) is 0.622. The highest BCUT2D eigenvalue weighted by Crippen LogP contribution is 2.44. The van der Waals surface area contributed by atoms with Gasteiger partial charge in [0.1, 0.15) is 0 Å². The van der Waals surface area contributed by atoms with Gasteiger partial charge in [-0.15, -0.1) is 0 Å². The molecule has 0 aliphatic carbocycles. The molecule has 0 saturated carbocycles. The predicted molar refractivity (Wildman–Crippen MR) is 110 cm³/mol. The highest BCUT2D eigenvalue weighted by atomic mass is 16.3. The summed E-state index contributed by atoms with van der Waals surface area (Å²) in [5.41, 5.74) is 3.21. The van der Waals surface area contributed by atoms with E-state index in [0.717, 1.165) is 16.7 Å². The summed E-state index contributed by atoms with van der Waals surface area (Å²) in [6.07, 6.45) is 0.733. The molecule has 1 N–H and O–H groups in total. The van der Waals surface area contributed by atoms with E-state index in [2.05, 4.69) is 24.3 Å². The van der Waals surface area contributed by atoms with Gasteiger partial charge in [0.05, 0.1) is 18.1 Å². The minimum atomic E-state index is -0.534. The lowest BCUT2D eigenvalue weighted by Gasteiger charge is -2.48. The maximum absolute atomic E-state index is 12.9. The number of hydrogen-bond donors (Lipinski definition) is 1.